The van der Waals surface area contributed by atoms with Crippen LogP contribution in [0.3, 0.4) is 0 Å². The Labute approximate surface area is 215 Å². The number of ketones is 1. The van der Waals surface area contributed by atoms with Crippen molar-refractivity contribution in [3.8, 4) is 17.2 Å². The molecule has 1 aromatic carbocycles. The molecule has 0 spiro atoms. The molecule has 0 radical (unpaired) electrons. The van der Waals surface area contributed by atoms with Gasteiger partial charge in [-0.15, -0.1) is 0 Å². The predicted octanol–water partition coefficient (Wildman–Crippen LogP) is 3.19. The van der Waals surface area contributed by atoms with E-state index in [9.17, 15) is 19.2 Å². The molecule has 0 saturated carbocycles. The van der Waals surface area contributed by atoms with Crippen molar-refractivity contribution in [1.29, 1.82) is 0 Å². The van der Waals surface area contributed by atoms with E-state index in [0.29, 0.717) is 28.9 Å². The van der Waals surface area contributed by atoms with Gasteiger partial charge in [-0.25, -0.2) is 9.59 Å². The number of fused-ring (bicyclic) bond motifs is 2. The lowest BCUT2D eigenvalue weighted by atomic mass is 9.63. The Kier molecular flexibility index (Phi) is 7.21. The number of rotatable bonds is 6. The molecule has 5 atom stereocenters. The minimum absolute atomic E-state index is 0.0688. The van der Waals surface area contributed by atoms with Crippen molar-refractivity contribution in [3.05, 3.63) is 28.8 Å². The summed E-state index contributed by atoms with van der Waals surface area (Å²) in [5, 5.41) is 0. The second kappa shape index (κ2) is 10.1. The molecule has 37 heavy (non-hydrogen) atoms. The van der Waals surface area contributed by atoms with Gasteiger partial charge in [-0.05, 0) is 30.4 Å². The van der Waals surface area contributed by atoms with Crippen LogP contribution in [0.25, 0.3) is 0 Å². The summed E-state index contributed by atoms with van der Waals surface area (Å²) in [6.07, 6.45) is 1.27. The van der Waals surface area contributed by atoms with Crippen LogP contribution in [0.1, 0.15) is 57.8 Å². The number of carbonyl (C=O) groups excluding carboxylic acids is 4. The van der Waals surface area contributed by atoms with Crippen LogP contribution in [0, 0.1) is 17.8 Å². The monoisotopic (exact) mass is 516 g/mol. The van der Waals surface area contributed by atoms with E-state index in [0.717, 1.165) is 7.11 Å². The molecule has 200 valence electrons. The van der Waals surface area contributed by atoms with Gasteiger partial charge in [0.2, 0.25) is 12.5 Å². The number of carbonyl (C=O) groups is 4. The molecule has 2 unspecified atom stereocenters. The highest BCUT2D eigenvalue weighted by Crippen LogP contribution is 2.59. The van der Waals surface area contributed by atoms with Crippen LogP contribution in [-0.2, 0) is 38.8 Å². The van der Waals surface area contributed by atoms with Crippen LogP contribution in [0.4, 0.5) is 0 Å². The fraction of sp³-hybridized carbons (Fsp3) is 0.556. The lowest BCUT2D eigenvalue weighted by Crippen LogP contribution is -2.47. The summed E-state index contributed by atoms with van der Waals surface area (Å²) in [5.41, 5.74) is -0.606. The third-order valence-electron chi connectivity index (χ3n) is 7.79. The van der Waals surface area contributed by atoms with Gasteiger partial charge in [0, 0.05) is 23.1 Å². The highest BCUT2D eigenvalue weighted by molar-refractivity contribution is 6.38. The minimum atomic E-state index is -1.72. The summed E-state index contributed by atoms with van der Waals surface area (Å²) in [6, 6.07) is 1.67. The summed E-state index contributed by atoms with van der Waals surface area (Å²) >= 11 is 0. The topological polar surface area (TPSA) is 124 Å². The maximum absolute atomic E-state index is 13.9. The van der Waals surface area contributed by atoms with Gasteiger partial charge in [-0.2, -0.15) is 0 Å². The third kappa shape index (κ3) is 4.22. The average molecular weight is 517 g/mol. The van der Waals surface area contributed by atoms with Crippen molar-refractivity contribution in [2.24, 2.45) is 17.8 Å². The van der Waals surface area contributed by atoms with Crippen molar-refractivity contribution in [2.75, 3.05) is 27.6 Å². The van der Waals surface area contributed by atoms with E-state index < -0.39 is 29.2 Å². The number of hydrogen-bond acceptors (Lipinski definition) is 10. The van der Waals surface area contributed by atoms with E-state index in [1.807, 2.05) is 20.8 Å². The van der Waals surface area contributed by atoms with E-state index >= 15 is 0 Å². The zero-order valence-electron chi connectivity index (χ0n) is 21.9. The first-order valence-electron chi connectivity index (χ1n) is 12.3. The molecule has 2 aliphatic heterocycles. The molecule has 1 aromatic rings. The molecule has 10 heteroatoms. The van der Waals surface area contributed by atoms with Crippen LogP contribution in [0.15, 0.2) is 17.7 Å². The second-order valence-electron chi connectivity index (χ2n) is 9.82. The Morgan fingerprint density at radius 3 is 2.49 bits per heavy atom. The summed E-state index contributed by atoms with van der Waals surface area (Å²) in [6.45, 7) is 7.21. The Bertz CT molecular complexity index is 1170. The fourth-order valence-electron chi connectivity index (χ4n) is 5.18. The molecule has 0 N–H and O–H groups in total. The molecule has 0 amide bonds. The van der Waals surface area contributed by atoms with Gasteiger partial charge >= 0.3 is 17.9 Å². The first-order chi connectivity index (χ1) is 17.6. The molecule has 0 fully saturated rings. The summed E-state index contributed by atoms with van der Waals surface area (Å²) in [4.78, 5) is 52.1. The van der Waals surface area contributed by atoms with Gasteiger partial charge in [0.15, 0.2) is 11.5 Å². The molecule has 1 aliphatic carbocycles. The maximum atomic E-state index is 13.9. The van der Waals surface area contributed by atoms with Crippen molar-refractivity contribution in [3.63, 3.8) is 0 Å². The largest absolute Gasteiger partial charge is 0.487 e. The van der Waals surface area contributed by atoms with Crippen LogP contribution in [0.5, 0.6) is 17.2 Å². The molecule has 4 rings (SSSR count). The zero-order valence-corrected chi connectivity index (χ0v) is 21.9. The third-order valence-corrected chi connectivity index (χ3v) is 7.79. The molecule has 0 aromatic heterocycles. The van der Waals surface area contributed by atoms with E-state index in [-0.39, 0.29) is 55.0 Å². The summed E-state index contributed by atoms with van der Waals surface area (Å²) < 4.78 is 33.2. The van der Waals surface area contributed by atoms with Crippen molar-refractivity contribution in [2.45, 2.75) is 52.1 Å². The number of hydrogen-bond donors (Lipinski definition) is 0. The highest BCUT2D eigenvalue weighted by atomic mass is 16.7. The number of methoxy groups -OCH3 is 2. The SMILES string of the molecule is CCC(C)C(=O)O[C@H]1c2cc3c(c4c2C(C(=O)C(=O)OC)(CO4)/C(=C\C(=O)OC)C[C@@H](C)[C@H]1C)OCO3. The summed E-state index contributed by atoms with van der Waals surface area (Å²) in [5.74, 6) is -2.96. The van der Waals surface area contributed by atoms with E-state index in [2.05, 4.69) is 0 Å². The molecule has 3 aliphatic rings. The van der Waals surface area contributed by atoms with Crippen LogP contribution < -0.4 is 14.2 Å². The van der Waals surface area contributed by atoms with Crippen molar-refractivity contribution >= 4 is 23.7 Å². The van der Waals surface area contributed by atoms with Crippen molar-refractivity contribution in [1.82, 2.24) is 0 Å². The Hall–Kier alpha value is -3.56. The molecule has 10 nitrogen and oxygen atoms in total. The quantitative estimate of drug-likeness (QED) is 0.241. The fourth-order valence-corrected chi connectivity index (χ4v) is 5.18. The Morgan fingerprint density at radius 2 is 1.84 bits per heavy atom. The molecule has 2 heterocycles. The normalized spacial score (nSPS) is 27.3. The van der Waals surface area contributed by atoms with Crippen LogP contribution in [-0.4, -0.2) is 51.3 Å². The zero-order chi connectivity index (χ0) is 27.1. The van der Waals surface area contributed by atoms with Gasteiger partial charge < -0.3 is 28.4 Å². The lowest BCUT2D eigenvalue weighted by Gasteiger charge is -2.39. The molecular weight excluding hydrogens is 484 g/mol. The molecule has 0 bridgehead atoms. The predicted molar refractivity (Wildman–Crippen MR) is 128 cm³/mol. The summed E-state index contributed by atoms with van der Waals surface area (Å²) in [7, 11) is 2.35. The molecule has 0 saturated heterocycles. The van der Waals surface area contributed by atoms with Crippen LogP contribution >= 0.6 is 0 Å². The minimum Gasteiger partial charge on any atom is -0.487 e. The maximum Gasteiger partial charge on any atom is 0.375 e. The van der Waals surface area contributed by atoms with Gasteiger partial charge in [0.1, 0.15) is 18.1 Å². The van der Waals surface area contributed by atoms with Gasteiger partial charge in [-0.1, -0.05) is 27.7 Å². The average Bonchev–Trinajstić information content (AvgIpc) is 3.53. The number of benzene rings is 1. The lowest BCUT2D eigenvalue weighted by molar-refractivity contribution is -0.158. The Morgan fingerprint density at radius 1 is 1.11 bits per heavy atom. The second-order valence-corrected chi connectivity index (χ2v) is 9.82. The standard InChI is InChI=1S/C27H32O10/c1-7-13(2)25(30)37-21-15(4)14(3)8-16(9-19(28)32-5)27(24(29)26(31)33-6)11-34-23-20(27)17(21)10-18-22(23)36-12-35-18/h9-10,13-15,21H,7-8,11-12H2,1-6H3/b16-9-/t13?,14-,15-,21-,27?/m1/s1. The first-order valence-corrected chi connectivity index (χ1v) is 12.3. The van der Waals surface area contributed by atoms with Crippen molar-refractivity contribution < 1.29 is 47.6 Å². The highest BCUT2D eigenvalue weighted by Gasteiger charge is 2.58. The van der Waals surface area contributed by atoms with Gasteiger partial charge in [0.05, 0.1) is 20.1 Å². The van der Waals surface area contributed by atoms with Gasteiger partial charge in [0.25, 0.3) is 5.78 Å². The van der Waals surface area contributed by atoms with E-state index in [4.69, 9.17) is 28.4 Å². The van der Waals surface area contributed by atoms with E-state index in [1.165, 1.54) is 13.2 Å². The number of Topliss-reactive ketones (excluding diaryl/α,β-unsaturated/α-hetero) is 1. The van der Waals surface area contributed by atoms with Gasteiger partial charge in [-0.3, -0.25) is 9.59 Å². The Balaban J connectivity index is 2.06. The first kappa shape index (κ1) is 26.5. The molecular formula is C27H32O10. The number of ether oxygens (including phenoxy) is 6. The number of esters is 3. The van der Waals surface area contributed by atoms with E-state index in [1.54, 1.807) is 13.0 Å². The smallest absolute Gasteiger partial charge is 0.375 e. The van der Waals surface area contributed by atoms with Crippen LogP contribution in [0.2, 0.25) is 0 Å².